The van der Waals surface area contributed by atoms with E-state index in [9.17, 15) is 4.79 Å². The van der Waals surface area contributed by atoms with Crippen molar-refractivity contribution >= 4 is 17.0 Å². The van der Waals surface area contributed by atoms with Crippen LogP contribution in [0.25, 0.3) is 11.0 Å². The van der Waals surface area contributed by atoms with Crippen LogP contribution in [0, 0.1) is 0 Å². The molecule has 5 heteroatoms. The number of esters is 1. The zero-order valence-electron chi connectivity index (χ0n) is 10.2. The molecule has 18 heavy (non-hydrogen) atoms. The summed E-state index contributed by atoms with van der Waals surface area (Å²) in [4.78, 5) is 19.3. The van der Waals surface area contributed by atoms with Gasteiger partial charge in [-0.05, 0) is 37.6 Å². The van der Waals surface area contributed by atoms with Crippen LogP contribution in [0.4, 0.5) is 0 Å². The van der Waals surface area contributed by atoms with Gasteiger partial charge in [0.05, 0.1) is 29.7 Å². The van der Waals surface area contributed by atoms with Gasteiger partial charge in [-0.25, -0.2) is 9.78 Å². The van der Waals surface area contributed by atoms with Crippen molar-refractivity contribution in [3.05, 3.63) is 29.6 Å². The van der Waals surface area contributed by atoms with Crippen molar-refractivity contribution in [3.8, 4) is 0 Å². The summed E-state index contributed by atoms with van der Waals surface area (Å²) in [7, 11) is 1.38. The average molecular weight is 245 g/mol. The van der Waals surface area contributed by atoms with Crippen molar-refractivity contribution in [3.63, 3.8) is 0 Å². The summed E-state index contributed by atoms with van der Waals surface area (Å²) in [5.74, 6) is 0.622. The van der Waals surface area contributed by atoms with E-state index in [2.05, 4.69) is 15.3 Å². The minimum absolute atomic E-state index is 0.305. The summed E-state index contributed by atoms with van der Waals surface area (Å²) >= 11 is 0. The number of nitrogens with one attached hydrogen (secondary N) is 2. The van der Waals surface area contributed by atoms with Crippen molar-refractivity contribution < 1.29 is 9.53 Å². The fourth-order valence-electron chi connectivity index (χ4n) is 2.36. The fraction of sp³-hybridized carbons (Fsp3) is 0.385. The molecular weight excluding hydrogens is 230 g/mol. The van der Waals surface area contributed by atoms with E-state index >= 15 is 0 Å². The average Bonchev–Trinajstić information content (AvgIpc) is 3.04. The molecule has 0 bridgehead atoms. The van der Waals surface area contributed by atoms with Gasteiger partial charge in [-0.15, -0.1) is 0 Å². The van der Waals surface area contributed by atoms with Crippen molar-refractivity contribution in [2.75, 3.05) is 13.7 Å². The highest BCUT2D eigenvalue weighted by Gasteiger charge is 2.19. The Labute approximate surface area is 105 Å². The summed E-state index contributed by atoms with van der Waals surface area (Å²) in [6.07, 6.45) is 2.28. The van der Waals surface area contributed by atoms with Gasteiger partial charge < -0.3 is 15.0 Å². The van der Waals surface area contributed by atoms with Crippen LogP contribution < -0.4 is 5.32 Å². The zero-order chi connectivity index (χ0) is 12.5. The Morgan fingerprint density at radius 2 is 2.39 bits per heavy atom. The van der Waals surface area contributed by atoms with Gasteiger partial charge >= 0.3 is 5.97 Å². The molecule has 1 unspecified atom stereocenters. The standard InChI is InChI=1S/C13H15N3O2/c1-18-13(17)8-4-5-9-11(7-8)16-12(15-9)10-3-2-6-14-10/h4-5,7,10,14H,2-3,6H2,1H3,(H,15,16). The highest BCUT2D eigenvalue weighted by Crippen LogP contribution is 2.23. The van der Waals surface area contributed by atoms with Crippen molar-refractivity contribution in [2.45, 2.75) is 18.9 Å². The third-order valence-electron chi connectivity index (χ3n) is 3.31. The third-order valence-corrected chi connectivity index (χ3v) is 3.31. The quantitative estimate of drug-likeness (QED) is 0.791. The van der Waals surface area contributed by atoms with Crippen molar-refractivity contribution in [1.29, 1.82) is 0 Å². The number of aromatic amines is 1. The van der Waals surface area contributed by atoms with Gasteiger partial charge in [0.25, 0.3) is 0 Å². The van der Waals surface area contributed by atoms with Crippen molar-refractivity contribution in [1.82, 2.24) is 15.3 Å². The molecule has 1 fully saturated rings. The summed E-state index contributed by atoms with van der Waals surface area (Å²) in [6, 6.07) is 5.67. The van der Waals surface area contributed by atoms with Crippen LogP contribution in [0.2, 0.25) is 0 Å². The Hall–Kier alpha value is -1.88. The maximum Gasteiger partial charge on any atom is 0.337 e. The second-order valence-electron chi connectivity index (χ2n) is 4.49. The molecule has 0 amide bonds. The SMILES string of the molecule is COC(=O)c1ccc2nc(C3CCCN3)[nH]c2c1. The maximum absolute atomic E-state index is 11.5. The molecule has 0 spiro atoms. The van der Waals surface area contributed by atoms with Gasteiger partial charge in [0, 0.05) is 0 Å². The molecule has 0 saturated carbocycles. The summed E-state index contributed by atoms with van der Waals surface area (Å²) in [5, 5.41) is 3.40. The Bertz CT molecular complexity index is 585. The van der Waals surface area contributed by atoms with E-state index in [0.29, 0.717) is 11.6 Å². The molecule has 5 nitrogen and oxygen atoms in total. The zero-order valence-corrected chi connectivity index (χ0v) is 10.2. The highest BCUT2D eigenvalue weighted by atomic mass is 16.5. The number of hydrogen-bond acceptors (Lipinski definition) is 4. The van der Waals surface area contributed by atoms with Gasteiger partial charge in [0.1, 0.15) is 5.82 Å². The number of H-pyrrole nitrogens is 1. The fourth-order valence-corrected chi connectivity index (χ4v) is 2.36. The number of carbonyl (C=O) groups is 1. The number of carbonyl (C=O) groups excluding carboxylic acids is 1. The molecule has 1 aromatic carbocycles. The molecule has 94 valence electrons. The van der Waals surface area contributed by atoms with Crippen LogP contribution in [-0.4, -0.2) is 29.6 Å². The van der Waals surface area contributed by atoms with E-state index in [-0.39, 0.29) is 5.97 Å². The molecule has 2 N–H and O–H groups in total. The number of methoxy groups -OCH3 is 1. The van der Waals surface area contributed by atoms with E-state index in [0.717, 1.165) is 29.8 Å². The monoisotopic (exact) mass is 245 g/mol. The van der Waals surface area contributed by atoms with Crippen LogP contribution in [0.3, 0.4) is 0 Å². The molecule has 2 aromatic rings. The summed E-state index contributed by atoms with van der Waals surface area (Å²) < 4.78 is 4.71. The molecular formula is C13H15N3O2. The molecule has 1 aliphatic heterocycles. The largest absolute Gasteiger partial charge is 0.465 e. The minimum Gasteiger partial charge on any atom is -0.465 e. The number of ether oxygens (including phenoxy) is 1. The smallest absolute Gasteiger partial charge is 0.337 e. The first-order valence-corrected chi connectivity index (χ1v) is 6.09. The Morgan fingerprint density at radius 1 is 1.50 bits per heavy atom. The Balaban J connectivity index is 1.98. The van der Waals surface area contributed by atoms with Gasteiger partial charge in [-0.2, -0.15) is 0 Å². The van der Waals surface area contributed by atoms with Gasteiger partial charge in [0.2, 0.25) is 0 Å². The first kappa shape index (κ1) is 11.2. The lowest BCUT2D eigenvalue weighted by molar-refractivity contribution is 0.0601. The lowest BCUT2D eigenvalue weighted by Crippen LogP contribution is -2.13. The Morgan fingerprint density at radius 3 is 3.11 bits per heavy atom. The second-order valence-corrected chi connectivity index (χ2v) is 4.49. The normalized spacial score (nSPS) is 19.3. The van der Waals surface area contributed by atoms with E-state index in [4.69, 9.17) is 4.74 Å². The lowest BCUT2D eigenvalue weighted by atomic mass is 10.2. The number of hydrogen-bond donors (Lipinski definition) is 2. The lowest BCUT2D eigenvalue weighted by Gasteiger charge is -2.04. The molecule has 1 aromatic heterocycles. The second kappa shape index (κ2) is 4.42. The number of nitrogens with zero attached hydrogens (tertiary/aromatic N) is 1. The van der Waals surface area contributed by atoms with Crippen LogP contribution in [0.15, 0.2) is 18.2 Å². The molecule has 2 heterocycles. The third kappa shape index (κ3) is 1.86. The topological polar surface area (TPSA) is 67.0 Å². The van der Waals surface area contributed by atoms with Crippen LogP contribution in [-0.2, 0) is 4.74 Å². The van der Waals surface area contributed by atoms with Gasteiger partial charge in [0.15, 0.2) is 0 Å². The maximum atomic E-state index is 11.5. The summed E-state index contributed by atoms with van der Waals surface area (Å²) in [5.41, 5.74) is 2.30. The minimum atomic E-state index is -0.327. The van der Waals surface area contributed by atoms with Gasteiger partial charge in [-0.1, -0.05) is 0 Å². The highest BCUT2D eigenvalue weighted by molar-refractivity contribution is 5.93. The molecule has 1 aliphatic rings. The van der Waals surface area contributed by atoms with Crippen LogP contribution >= 0.6 is 0 Å². The number of fused-ring (bicyclic) bond motifs is 1. The van der Waals surface area contributed by atoms with E-state index < -0.39 is 0 Å². The molecule has 1 atom stereocenters. The van der Waals surface area contributed by atoms with Crippen LogP contribution in [0.1, 0.15) is 35.1 Å². The molecule has 3 rings (SSSR count). The number of aromatic nitrogens is 2. The predicted molar refractivity (Wildman–Crippen MR) is 67.4 cm³/mol. The molecule has 0 aliphatic carbocycles. The Kier molecular flexibility index (Phi) is 2.76. The number of benzene rings is 1. The molecule has 1 saturated heterocycles. The first-order chi connectivity index (χ1) is 8.78. The van der Waals surface area contributed by atoms with Crippen molar-refractivity contribution in [2.24, 2.45) is 0 Å². The summed E-state index contributed by atoms with van der Waals surface area (Å²) in [6.45, 7) is 1.04. The number of imidazole rings is 1. The van der Waals surface area contributed by atoms with E-state index in [1.165, 1.54) is 13.5 Å². The predicted octanol–water partition coefficient (Wildman–Crippen LogP) is 1.77. The number of rotatable bonds is 2. The van der Waals surface area contributed by atoms with E-state index in [1.807, 2.05) is 6.07 Å². The van der Waals surface area contributed by atoms with Crippen LogP contribution in [0.5, 0.6) is 0 Å². The van der Waals surface area contributed by atoms with Gasteiger partial charge in [-0.3, -0.25) is 0 Å². The van der Waals surface area contributed by atoms with E-state index in [1.54, 1.807) is 12.1 Å². The first-order valence-electron chi connectivity index (χ1n) is 6.09. The molecule has 0 radical (unpaired) electrons.